The number of rotatable bonds is 3. The van der Waals surface area contributed by atoms with Crippen LogP contribution in [0.3, 0.4) is 0 Å². The Labute approximate surface area is 157 Å². The van der Waals surface area contributed by atoms with E-state index in [2.05, 4.69) is 0 Å². The molecule has 27 heavy (non-hydrogen) atoms. The first-order chi connectivity index (χ1) is 13.1. The second-order valence-electron chi connectivity index (χ2n) is 6.74. The van der Waals surface area contributed by atoms with Crippen LogP contribution in [0.25, 0.3) is 21.8 Å². The molecular weight excluding hydrogens is 336 g/mol. The maximum atomic E-state index is 13.0. The van der Waals surface area contributed by atoms with Crippen molar-refractivity contribution in [1.29, 1.82) is 0 Å². The lowest BCUT2D eigenvalue weighted by Crippen LogP contribution is -2.30. The van der Waals surface area contributed by atoms with Gasteiger partial charge < -0.3 is 9.47 Å². The number of amides is 1. The van der Waals surface area contributed by atoms with Crippen molar-refractivity contribution >= 4 is 33.4 Å². The van der Waals surface area contributed by atoms with E-state index in [-0.39, 0.29) is 17.9 Å². The molecule has 0 unspecified atom stereocenters. The number of hydrogen-bond donors (Lipinski definition) is 0. The smallest absolute Gasteiger partial charge is 0.246 e. The van der Waals surface area contributed by atoms with Gasteiger partial charge in [-0.3, -0.25) is 9.59 Å². The maximum absolute atomic E-state index is 13.0. The van der Waals surface area contributed by atoms with Crippen LogP contribution in [0.2, 0.25) is 0 Å². The minimum atomic E-state index is -0.0421. The molecular formula is C23H20N2O2. The summed E-state index contributed by atoms with van der Waals surface area (Å²) in [4.78, 5) is 27.5. The molecule has 134 valence electrons. The monoisotopic (exact) mass is 356 g/mol. The molecule has 4 rings (SSSR count). The molecule has 0 spiro atoms. The highest BCUT2D eigenvalue weighted by molar-refractivity contribution is 5.98. The summed E-state index contributed by atoms with van der Waals surface area (Å²) >= 11 is 0. The van der Waals surface area contributed by atoms with E-state index in [9.17, 15) is 9.59 Å². The largest absolute Gasteiger partial charge is 0.331 e. The lowest BCUT2D eigenvalue weighted by Gasteiger charge is -2.21. The molecule has 1 amide bonds. The molecule has 0 saturated carbocycles. The number of para-hydroxylation sites is 2. The molecule has 1 aromatic heterocycles. The zero-order valence-electron chi connectivity index (χ0n) is 15.3. The molecule has 4 aromatic rings. The lowest BCUT2D eigenvalue weighted by molar-refractivity contribution is -0.118. The highest BCUT2D eigenvalue weighted by atomic mass is 16.2. The molecule has 0 aliphatic carbocycles. The fourth-order valence-electron chi connectivity index (χ4n) is 3.47. The molecule has 0 aliphatic heterocycles. The summed E-state index contributed by atoms with van der Waals surface area (Å²) < 4.78 is 1.93. The third kappa shape index (κ3) is 2.99. The van der Waals surface area contributed by atoms with Crippen LogP contribution in [0.5, 0.6) is 0 Å². The predicted molar refractivity (Wildman–Crippen MR) is 110 cm³/mol. The Bertz CT molecular complexity index is 1160. The average molecular weight is 356 g/mol. The summed E-state index contributed by atoms with van der Waals surface area (Å²) in [6.07, 6.45) is 0. The normalized spacial score (nSPS) is 11.0. The standard InChI is InChI=1S/C23H20N2O2/c1-16-8-7-9-17(14-16)24(2)22(26)15-25-20-12-5-3-10-18(20)23(27)19-11-4-6-13-21(19)25/h3-14H,15H2,1-2H3. The molecule has 0 N–H and O–H groups in total. The number of benzene rings is 3. The summed E-state index contributed by atoms with van der Waals surface area (Å²) in [5.41, 5.74) is 3.50. The Kier molecular flexibility index (Phi) is 4.24. The van der Waals surface area contributed by atoms with Crippen LogP contribution in [0, 0.1) is 6.92 Å². The van der Waals surface area contributed by atoms with Gasteiger partial charge in [-0.25, -0.2) is 0 Å². The van der Waals surface area contributed by atoms with Gasteiger partial charge in [0.2, 0.25) is 5.91 Å². The molecule has 3 aromatic carbocycles. The Balaban J connectivity index is 1.84. The van der Waals surface area contributed by atoms with E-state index < -0.39 is 0 Å². The molecule has 4 nitrogen and oxygen atoms in total. The van der Waals surface area contributed by atoms with Crippen molar-refractivity contribution < 1.29 is 4.79 Å². The van der Waals surface area contributed by atoms with Gasteiger partial charge in [-0.1, -0.05) is 36.4 Å². The van der Waals surface area contributed by atoms with Gasteiger partial charge in [-0.15, -0.1) is 0 Å². The zero-order valence-corrected chi connectivity index (χ0v) is 15.3. The molecule has 0 atom stereocenters. The topological polar surface area (TPSA) is 42.3 Å². The molecule has 4 heteroatoms. The number of aryl methyl sites for hydroxylation is 1. The summed E-state index contributed by atoms with van der Waals surface area (Å²) in [5.74, 6) is -0.0421. The second-order valence-corrected chi connectivity index (χ2v) is 6.74. The minimum absolute atomic E-state index is 0.00284. The Morgan fingerprint density at radius 1 is 0.889 bits per heavy atom. The quantitative estimate of drug-likeness (QED) is 0.518. The Morgan fingerprint density at radius 3 is 2.07 bits per heavy atom. The maximum Gasteiger partial charge on any atom is 0.246 e. The predicted octanol–water partition coefficient (Wildman–Crippen LogP) is 4.13. The van der Waals surface area contributed by atoms with Crippen LogP contribution in [-0.4, -0.2) is 17.5 Å². The fourth-order valence-corrected chi connectivity index (χ4v) is 3.47. The molecule has 0 radical (unpaired) electrons. The van der Waals surface area contributed by atoms with E-state index in [4.69, 9.17) is 0 Å². The highest BCUT2D eigenvalue weighted by Crippen LogP contribution is 2.20. The summed E-state index contributed by atoms with van der Waals surface area (Å²) in [5, 5.41) is 1.25. The number of likely N-dealkylation sites (N-methyl/N-ethyl adjacent to an activating group) is 1. The van der Waals surface area contributed by atoms with E-state index in [0.717, 1.165) is 22.3 Å². The van der Waals surface area contributed by atoms with Crippen molar-refractivity contribution in [2.75, 3.05) is 11.9 Å². The van der Waals surface area contributed by atoms with Gasteiger partial charge in [0.15, 0.2) is 5.43 Å². The van der Waals surface area contributed by atoms with Gasteiger partial charge in [-0.05, 0) is 48.9 Å². The highest BCUT2D eigenvalue weighted by Gasteiger charge is 2.16. The second kappa shape index (κ2) is 6.72. The number of hydrogen-bond acceptors (Lipinski definition) is 2. The van der Waals surface area contributed by atoms with Crippen molar-refractivity contribution in [3.05, 3.63) is 88.6 Å². The number of pyridine rings is 1. The number of carbonyl (C=O) groups excluding carboxylic acids is 1. The van der Waals surface area contributed by atoms with Gasteiger partial charge in [0.25, 0.3) is 0 Å². The van der Waals surface area contributed by atoms with E-state index in [1.165, 1.54) is 0 Å². The number of anilines is 1. The number of fused-ring (bicyclic) bond motifs is 2. The van der Waals surface area contributed by atoms with Gasteiger partial charge in [-0.2, -0.15) is 0 Å². The van der Waals surface area contributed by atoms with E-state index in [0.29, 0.717) is 10.8 Å². The molecule has 0 bridgehead atoms. The number of carbonyl (C=O) groups is 1. The third-order valence-electron chi connectivity index (χ3n) is 4.94. The van der Waals surface area contributed by atoms with Crippen molar-refractivity contribution in [1.82, 2.24) is 4.57 Å². The SMILES string of the molecule is Cc1cccc(N(C)C(=O)Cn2c3ccccc3c(=O)c3ccccc32)c1. The summed E-state index contributed by atoms with van der Waals surface area (Å²) in [7, 11) is 1.78. The van der Waals surface area contributed by atoms with Crippen molar-refractivity contribution in [2.45, 2.75) is 13.5 Å². The fraction of sp³-hybridized carbons (Fsp3) is 0.130. The van der Waals surface area contributed by atoms with Crippen LogP contribution in [0.4, 0.5) is 5.69 Å². The van der Waals surface area contributed by atoms with Gasteiger partial charge >= 0.3 is 0 Å². The van der Waals surface area contributed by atoms with Crippen molar-refractivity contribution in [3.63, 3.8) is 0 Å². The van der Waals surface area contributed by atoms with Crippen LogP contribution in [0.15, 0.2) is 77.6 Å². The average Bonchev–Trinajstić information content (AvgIpc) is 2.70. The van der Waals surface area contributed by atoms with Gasteiger partial charge in [0, 0.05) is 23.5 Å². The lowest BCUT2D eigenvalue weighted by atomic mass is 10.1. The molecule has 0 aliphatic rings. The molecule has 0 saturated heterocycles. The zero-order chi connectivity index (χ0) is 19.0. The van der Waals surface area contributed by atoms with Crippen molar-refractivity contribution in [2.24, 2.45) is 0 Å². The van der Waals surface area contributed by atoms with Crippen LogP contribution >= 0.6 is 0 Å². The van der Waals surface area contributed by atoms with Gasteiger partial charge in [0.1, 0.15) is 6.54 Å². The Morgan fingerprint density at radius 2 is 1.48 bits per heavy atom. The van der Waals surface area contributed by atoms with Gasteiger partial charge in [0.05, 0.1) is 11.0 Å². The molecule has 0 fully saturated rings. The van der Waals surface area contributed by atoms with Crippen LogP contribution in [0.1, 0.15) is 5.56 Å². The first-order valence-electron chi connectivity index (χ1n) is 8.90. The first-order valence-corrected chi connectivity index (χ1v) is 8.90. The number of nitrogens with zero attached hydrogens (tertiary/aromatic N) is 2. The van der Waals surface area contributed by atoms with Crippen molar-refractivity contribution in [3.8, 4) is 0 Å². The minimum Gasteiger partial charge on any atom is -0.331 e. The summed E-state index contributed by atoms with van der Waals surface area (Å²) in [6, 6.07) is 22.8. The van der Waals surface area contributed by atoms with Crippen LogP contribution < -0.4 is 10.3 Å². The van der Waals surface area contributed by atoms with Crippen LogP contribution in [-0.2, 0) is 11.3 Å². The van der Waals surface area contributed by atoms with E-state index in [1.807, 2.05) is 84.3 Å². The molecule has 1 heterocycles. The van der Waals surface area contributed by atoms with E-state index >= 15 is 0 Å². The number of aromatic nitrogens is 1. The first kappa shape index (κ1) is 17.0. The Hall–Kier alpha value is -3.40. The van der Waals surface area contributed by atoms with E-state index in [1.54, 1.807) is 11.9 Å². The third-order valence-corrected chi connectivity index (χ3v) is 4.94. The summed E-state index contributed by atoms with van der Waals surface area (Å²) in [6.45, 7) is 2.16.